The molecule has 0 radical (unpaired) electrons. The molecule has 0 unspecified atom stereocenters. The third-order valence-corrected chi connectivity index (χ3v) is 5.39. The molecule has 0 saturated heterocycles. The number of hydrogen-bond donors (Lipinski definition) is 1. The Bertz CT molecular complexity index is 1140. The summed E-state index contributed by atoms with van der Waals surface area (Å²) in [6, 6.07) is 31.5. The minimum absolute atomic E-state index is 0.852. The second-order valence-corrected chi connectivity index (χ2v) is 7.85. The summed E-state index contributed by atoms with van der Waals surface area (Å²) < 4.78 is 20.5. The van der Waals surface area contributed by atoms with Gasteiger partial charge in [-0.2, -0.15) is 0 Å². The maximum atomic E-state index is 5.12. The highest BCUT2D eigenvalue weighted by Crippen LogP contribution is 2.22. The van der Waals surface area contributed by atoms with E-state index in [2.05, 4.69) is 17.5 Å². The lowest BCUT2D eigenvalue weighted by Crippen LogP contribution is -1.90. The van der Waals surface area contributed by atoms with Crippen molar-refractivity contribution in [3.8, 4) is 23.0 Å². The van der Waals surface area contributed by atoms with Crippen LogP contribution in [0.5, 0.6) is 23.0 Å². The fourth-order valence-corrected chi connectivity index (χ4v) is 3.28. The third kappa shape index (κ3) is 9.15. The van der Waals surface area contributed by atoms with Gasteiger partial charge in [0.25, 0.3) is 0 Å². The average Bonchev–Trinajstić information content (AvgIpc) is 2.97. The fraction of sp³-hybridized carbons (Fsp3) is 0.125. The second-order valence-electron chi connectivity index (χ2n) is 7.85. The van der Waals surface area contributed by atoms with Gasteiger partial charge in [0, 0.05) is 11.4 Å². The Morgan fingerprint density at radius 3 is 0.946 bits per heavy atom. The Morgan fingerprint density at radius 1 is 0.405 bits per heavy atom. The van der Waals surface area contributed by atoms with E-state index in [1.165, 1.54) is 0 Å². The summed E-state index contributed by atoms with van der Waals surface area (Å²) in [5.41, 5.74) is 4.34. The Morgan fingerprint density at radius 2 is 0.676 bits per heavy atom. The van der Waals surface area contributed by atoms with Crippen LogP contribution < -0.4 is 24.3 Å². The van der Waals surface area contributed by atoms with Crippen LogP contribution >= 0.6 is 0 Å². The molecule has 5 heteroatoms. The number of hydrogen-bond acceptors (Lipinski definition) is 5. The summed E-state index contributed by atoms with van der Waals surface area (Å²) >= 11 is 0. The summed E-state index contributed by atoms with van der Waals surface area (Å²) in [4.78, 5) is 0. The quantitative estimate of drug-likeness (QED) is 0.239. The first-order valence-electron chi connectivity index (χ1n) is 11.8. The molecule has 0 aromatic heterocycles. The van der Waals surface area contributed by atoms with Gasteiger partial charge in [0.05, 0.1) is 28.4 Å². The van der Waals surface area contributed by atoms with Crippen molar-refractivity contribution < 1.29 is 18.9 Å². The molecule has 4 rings (SSSR count). The molecule has 37 heavy (non-hydrogen) atoms. The standard InChI is InChI=1S/C18H18O2.C14H15NO2/c1-19-17-11-7-15(8-12-17)5-3-4-6-16-9-13-18(20-2)14-10-16;1-16-13-7-3-11(4-8-13)15-12-5-9-14(17-2)10-6-12/h3-14H,1-2H3;3-10,15H,1-2H3/b5-3+,6-4+;. The van der Waals surface area contributed by atoms with Crippen molar-refractivity contribution in [1.29, 1.82) is 0 Å². The minimum atomic E-state index is 0.852. The molecule has 0 amide bonds. The SMILES string of the molecule is COc1ccc(/C=C/C=C/c2ccc(OC)cc2)cc1.COc1ccc(Nc2ccc(OC)cc2)cc1. The normalized spacial score (nSPS) is 10.5. The smallest absolute Gasteiger partial charge is 0.119 e. The van der Waals surface area contributed by atoms with E-state index in [9.17, 15) is 0 Å². The highest BCUT2D eigenvalue weighted by molar-refractivity contribution is 5.61. The van der Waals surface area contributed by atoms with Crippen molar-refractivity contribution in [3.63, 3.8) is 0 Å². The van der Waals surface area contributed by atoms with Crippen LogP contribution in [0.15, 0.2) is 109 Å². The predicted octanol–water partition coefficient (Wildman–Crippen LogP) is 7.88. The summed E-state index contributed by atoms with van der Waals surface area (Å²) in [5.74, 6) is 3.45. The van der Waals surface area contributed by atoms with Crippen molar-refractivity contribution in [2.45, 2.75) is 0 Å². The number of allylic oxidation sites excluding steroid dienone is 2. The zero-order chi connectivity index (χ0) is 26.3. The number of benzene rings is 4. The lowest BCUT2D eigenvalue weighted by Gasteiger charge is -2.08. The Hall–Kier alpha value is -4.64. The number of anilines is 2. The molecule has 0 aliphatic rings. The van der Waals surface area contributed by atoms with Crippen LogP contribution in [-0.2, 0) is 0 Å². The highest BCUT2D eigenvalue weighted by atomic mass is 16.5. The van der Waals surface area contributed by atoms with E-state index in [1.54, 1.807) is 28.4 Å². The maximum Gasteiger partial charge on any atom is 0.119 e. The van der Waals surface area contributed by atoms with Crippen LogP contribution in [0.1, 0.15) is 11.1 Å². The predicted molar refractivity (Wildman–Crippen MR) is 153 cm³/mol. The van der Waals surface area contributed by atoms with Gasteiger partial charge in [0.15, 0.2) is 0 Å². The summed E-state index contributed by atoms with van der Waals surface area (Å²) in [6.07, 6.45) is 8.15. The van der Waals surface area contributed by atoms with E-state index >= 15 is 0 Å². The van der Waals surface area contributed by atoms with Crippen LogP contribution in [0.4, 0.5) is 11.4 Å². The molecule has 1 N–H and O–H groups in total. The van der Waals surface area contributed by atoms with Crippen molar-refractivity contribution in [1.82, 2.24) is 0 Å². The zero-order valence-electron chi connectivity index (χ0n) is 21.7. The average molecular weight is 496 g/mol. The number of rotatable bonds is 9. The molecule has 0 aliphatic heterocycles. The summed E-state index contributed by atoms with van der Waals surface area (Å²) in [7, 11) is 6.66. The van der Waals surface area contributed by atoms with Crippen LogP contribution in [0.2, 0.25) is 0 Å². The fourth-order valence-electron chi connectivity index (χ4n) is 3.28. The molecular weight excluding hydrogens is 462 g/mol. The van der Waals surface area contributed by atoms with E-state index in [0.29, 0.717) is 0 Å². The first-order chi connectivity index (χ1) is 18.1. The molecule has 0 fully saturated rings. The Kier molecular flexibility index (Phi) is 10.7. The van der Waals surface area contributed by atoms with Gasteiger partial charge in [0.2, 0.25) is 0 Å². The number of methoxy groups -OCH3 is 4. The third-order valence-electron chi connectivity index (χ3n) is 5.39. The molecule has 0 bridgehead atoms. The highest BCUT2D eigenvalue weighted by Gasteiger charge is 1.96. The Balaban J connectivity index is 0.000000208. The molecule has 0 heterocycles. The van der Waals surface area contributed by atoms with Crippen molar-refractivity contribution in [2.75, 3.05) is 33.8 Å². The number of nitrogens with one attached hydrogen (secondary N) is 1. The largest absolute Gasteiger partial charge is 0.497 e. The van der Waals surface area contributed by atoms with Gasteiger partial charge in [-0.1, -0.05) is 48.6 Å². The van der Waals surface area contributed by atoms with E-state index in [4.69, 9.17) is 18.9 Å². The number of ether oxygens (including phenoxy) is 4. The Labute approximate surface area is 219 Å². The van der Waals surface area contributed by atoms with E-state index in [0.717, 1.165) is 45.5 Å². The molecule has 4 aromatic carbocycles. The van der Waals surface area contributed by atoms with Gasteiger partial charge in [-0.25, -0.2) is 0 Å². The molecule has 4 aromatic rings. The van der Waals surface area contributed by atoms with Crippen LogP contribution in [0.3, 0.4) is 0 Å². The van der Waals surface area contributed by atoms with Gasteiger partial charge < -0.3 is 24.3 Å². The van der Waals surface area contributed by atoms with E-state index < -0.39 is 0 Å². The first kappa shape index (κ1) is 27.0. The van der Waals surface area contributed by atoms with Gasteiger partial charge in [0.1, 0.15) is 23.0 Å². The molecular formula is C32H33NO4. The van der Waals surface area contributed by atoms with Gasteiger partial charge in [-0.15, -0.1) is 0 Å². The van der Waals surface area contributed by atoms with Crippen LogP contribution in [0.25, 0.3) is 12.2 Å². The van der Waals surface area contributed by atoms with Crippen LogP contribution in [0, 0.1) is 0 Å². The second kappa shape index (κ2) is 14.7. The van der Waals surface area contributed by atoms with Gasteiger partial charge >= 0.3 is 0 Å². The summed E-state index contributed by atoms with van der Waals surface area (Å²) in [5, 5.41) is 3.30. The maximum absolute atomic E-state index is 5.12. The van der Waals surface area contributed by atoms with Crippen molar-refractivity contribution in [3.05, 3.63) is 120 Å². The molecule has 5 nitrogen and oxygen atoms in total. The van der Waals surface area contributed by atoms with E-state index in [-0.39, 0.29) is 0 Å². The van der Waals surface area contributed by atoms with Crippen molar-refractivity contribution in [2.24, 2.45) is 0 Å². The lowest BCUT2D eigenvalue weighted by molar-refractivity contribution is 0.414. The molecule has 0 aliphatic carbocycles. The minimum Gasteiger partial charge on any atom is -0.497 e. The monoisotopic (exact) mass is 495 g/mol. The topological polar surface area (TPSA) is 49.0 Å². The van der Waals surface area contributed by atoms with Crippen molar-refractivity contribution >= 4 is 23.5 Å². The van der Waals surface area contributed by atoms with E-state index in [1.807, 2.05) is 109 Å². The summed E-state index contributed by atoms with van der Waals surface area (Å²) in [6.45, 7) is 0. The molecule has 190 valence electrons. The molecule has 0 atom stereocenters. The first-order valence-corrected chi connectivity index (χ1v) is 11.8. The molecule has 0 saturated carbocycles. The van der Waals surface area contributed by atoms with Gasteiger partial charge in [-0.05, 0) is 83.9 Å². The van der Waals surface area contributed by atoms with Gasteiger partial charge in [-0.3, -0.25) is 0 Å². The zero-order valence-corrected chi connectivity index (χ0v) is 21.7. The lowest BCUT2D eigenvalue weighted by atomic mass is 10.2. The molecule has 0 spiro atoms. The van der Waals surface area contributed by atoms with Crippen LogP contribution in [-0.4, -0.2) is 28.4 Å².